The van der Waals surface area contributed by atoms with E-state index in [0.29, 0.717) is 6.04 Å². The summed E-state index contributed by atoms with van der Waals surface area (Å²) in [6, 6.07) is 2.84. The molecule has 1 fully saturated rings. The minimum Gasteiger partial charge on any atom is -0.495 e. The molecule has 0 spiro atoms. The molecule has 2 atom stereocenters. The SMILES string of the molecule is CN1CCC[C@H]1COC1=CCC[C@@H]1C#N. The molecule has 3 nitrogen and oxygen atoms in total. The zero-order valence-electron chi connectivity index (χ0n) is 9.28. The van der Waals surface area contributed by atoms with Crippen molar-refractivity contribution in [1.82, 2.24) is 4.90 Å². The van der Waals surface area contributed by atoms with Gasteiger partial charge in [-0.05, 0) is 45.4 Å². The van der Waals surface area contributed by atoms with Crippen LogP contribution >= 0.6 is 0 Å². The summed E-state index contributed by atoms with van der Waals surface area (Å²) >= 11 is 0. The third-order valence-corrected chi connectivity index (χ3v) is 3.41. The van der Waals surface area contributed by atoms with Crippen LogP contribution in [0.3, 0.4) is 0 Å². The number of hydrogen-bond acceptors (Lipinski definition) is 3. The summed E-state index contributed by atoms with van der Waals surface area (Å²) in [7, 11) is 2.14. The molecule has 0 amide bonds. The van der Waals surface area contributed by atoms with Crippen molar-refractivity contribution in [3.63, 3.8) is 0 Å². The van der Waals surface area contributed by atoms with Crippen LogP contribution in [0.2, 0.25) is 0 Å². The second-order valence-corrected chi connectivity index (χ2v) is 4.45. The van der Waals surface area contributed by atoms with Crippen molar-refractivity contribution in [3.05, 3.63) is 11.8 Å². The number of rotatable bonds is 3. The first kappa shape index (κ1) is 10.5. The summed E-state index contributed by atoms with van der Waals surface area (Å²) in [5, 5.41) is 8.90. The van der Waals surface area contributed by atoms with Gasteiger partial charge in [-0.2, -0.15) is 5.26 Å². The van der Waals surface area contributed by atoms with E-state index in [-0.39, 0.29) is 5.92 Å². The molecule has 1 heterocycles. The summed E-state index contributed by atoms with van der Waals surface area (Å²) in [5.41, 5.74) is 0. The first-order chi connectivity index (χ1) is 7.31. The van der Waals surface area contributed by atoms with Crippen molar-refractivity contribution in [2.24, 2.45) is 5.92 Å². The fraction of sp³-hybridized carbons (Fsp3) is 0.750. The van der Waals surface area contributed by atoms with Gasteiger partial charge in [-0.3, -0.25) is 0 Å². The molecule has 3 heteroatoms. The lowest BCUT2D eigenvalue weighted by atomic mass is 10.1. The van der Waals surface area contributed by atoms with Crippen LogP contribution < -0.4 is 0 Å². The molecule has 0 aromatic rings. The molecule has 0 bridgehead atoms. The maximum Gasteiger partial charge on any atom is 0.109 e. The standard InChI is InChI=1S/C12H18N2O/c1-14-7-3-5-11(14)9-15-12-6-2-4-10(12)8-13/h6,10-11H,2-5,7,9H2,1H3/t10-,11+/m1/s1. The Kier molecular flexibility index (Phi) is 3.27. The topological polar surface area (TPSA) is 36.3 Å². The predicted molar refractivity (Wildman–Crippen MR) is 58.0 cm³/mol. The predicted octanol–water partition coefficient (Wildman–Crippen LogP) is 1.91. The van der Waals surface area contributed by atoms with Crippen molar-refractivity contribution in [2.75, 3.05) is 20.2 Å². The van der Waals surface area contributed by atoms with Gasteiger partial charge in [0.2, 0.25) is 0 Å². The minimum atomic E-state index is 0.0108. The Bertz CT molecular complexity index is 292. The van der Waals surface area contributed by atoms with E-state index in [1.807, 2.05) is 0 Å². The van der Waals surface area contributed by atoms with Crippen LogP contribution in [0.4, 0.5) is 0 Å². The van der Waals surface area contributed by atoms with Gasteiger partial charge in [-0.15, -0.1) is 0 Å². The molecule has 82 valence electrons. The third-order valence-electron chi connectivity index (χ3n) is 3.41. The van der Waals surface area contributed by atoms with E-state index in [9.17, 15) is 0 Å². The Labute approximate surface area is 91.3 Å². The van der Waals surface area contributed by atoms with Crippen LogP contribution in [0.15, 0.2) is 11.8 Å². The van der Waals surface area contributed by atoms with Crippen LogP contribution in [-0.4, -0.2) is 31.1 Å². The summed E-state index contributed by atoms with van der Waals surface area (Å²) in [4.78, 5) is 2.34. The normalized spacial score (nSPS) is 31.3. The second kappa shape index (κ2) is 4.67. The second-order valence-electron chi connectivity index (χ2n) is 4.45. The van der Waals surface area contributed by atoms with E-state index in [0.717, 1.165) is 25.2 Å². The molecular weight excluding hydrogens is 188 g/mol. The molecule has 0 N–H and O–H groups in total. The molecule has 2 rings (SSSR count). The van der Waals surface area contributed by atoms with Gasteiger partial charge in [-0.1, -0.05) is 0 Å². The highest BCUT2D eigenvalue weighted by Gasteiger charge is 2.24. The van der Waals surface area contributed by atoms with Crippen molar-refractivity contribution in [2.45, 2.75) is 31.7 Å². The fourth-order valence-corrected chi connectivity index (χ4v) is 2.35. The number of nitrogens with zero attached hydrogens (tertiary/aromatic N) is 2. The van der Waals surface area contributed by atoms with Gasteiger partial charge < -0.3 is 9.64 Å². The molecule has 0 saturated carbocycles. The summed E-state index contributed by atoms with van der Waals surface area (Å²) in [6.07, 6.45) is 6.50. The third kappa shape index (κ3) is 2.32. The van der Waals surface area contributed by atoms with Gasteiger partial charge in [0.15, 0.2) is 0 Å². The quantitative estimate of drug-likeness (QED) is 0.707. The van der Waals surface area contributed by atoms with E-state index in [1.54, 1.807) is 0 Å². The lowest BCUT2D eigenvalue weighted by Gasteiger charge is -2.20. The van der Waals surface area contributed by atoms with Crippen molar-refractivity contribution in [1.29, 1.82) is 5.26 Å². The molecule has 0 aromatic heterocycles. The Hall–Kier alpha value is -1.01. The first-order valence-corrected chi connectivity index (χ1v) is 5.74. The smallest absolute Gasteiger partial charge is 0.109 e. The molecule has 0 radical (unpaired) electrons. The molecule has 1 saturated heterocycles. The summed E-state index contributed by atoms with van der Waals surface area (Å²) in [5.74, 6) is 0.925. The van der Waals surface area contributed by atoms with Gasteiger partial charge in [0.1, 0.15) is 18.3 Å². The maximum atomic E-state index is 8.90. The first-order valence-electron chi connectivity index (χ1n) is 5.74. The lowest BCUT2D eigenvalue weighted by molar-refractivity contribution is 0.128. The Morgan fingerprint density at radius 3 is 3.13 bits per heavy atom. The van der Waals surface area contributed by atoms with Crippen LogP contribution in [-0.2, 0) is 4.74 Å². The molecule has 1 aliphatic heterocycles. The van der Waals surface area contributed by atoms with Gasteiger partial charge in [-0.25, -0.2) is 0 Å². The van der Waals surface area contributed by atoms with Crippen LogP contribution in [0, 0.1) is 17.2 Å². The maximum absolute atomic E-state index is 8.90. The molecular formula is C12H18N2O. The average Bonchev–Trinajstić information content (AvgIpc) is 2.83. The zero-order valence-corrected chi connectivity index (χ0v) is 9.28. The Morgan fingerprint density at radius 1 is 1.60 bits per heavy atom. The summed E-state index contributed by atoms with van der Waals surface area (Å²) in [6.45, 7) is 1.93. The molecule has 15 heavy (non-hydrogen) atoms. The number of likely N-dealkylation sites (tertiary alicyclic amines) is 1. The molecule has 2 aliphatic rings. The van der Waals surface area contributed by atoms with E-state index in [2.05, 4.69) is 24.1 Å². The van der Waals surface area contributed by atoms with E-state index in [4.69, 9.17) is 10.00 Å². The highest BCUT2D eigenvalue weighted by molar-refractivity contribution is 5.13. The largest absolute Gasteiger partial charge is 0.495 e. The van der Waals surface area contributed by atoms with E-state index in [1.165, 1.54) is 19.4 Å². The number of nitriles is 1. The van der Waals surface area contributed by atoms with Crippen molar-refractivity contribution in [3.8, 4) is 6.07 Å². The molecule has 0 aromatic carbocycles. The highest BCUT2D eigenvalue weighted by Crippen LogP contribution is 2.27. The van der Waals surface area contributed by atoms with Gasteiger partial charge in [0, 0.05) is 6.04 Å². The number of hydrogen-bond donors (Lipinski definition) is 0. The van der Waals surface area contributed by atoms with Gasteiger partial charge in [0.25, 0.3) is 0 Å². The average molecular weight is 206 g/mol. The molecule has 1 aliphatic carbocycles. The Balaban J connectivity index is 1.80. The van der Waals surface area contributed by atoms with E-state index < -0.39 is 0 Å². The molecule has 0 unspecified atom stereocenters. The Morgan fingerprint density at radius 2 is 2.47 bits per heavy atom. The van der Waals surface area contributed by atoms with Crippen LogP contribution in [0.5, 0.6) is 0 Å². The van der Waals surface area contributed by atoms with E-state index >= 15 is 0 Å². The number of ether oxygens (including phenoxy) is 1. The van der Waals surface area contributed by atoms with Gasteiger partial charge >= 0.3 is 0 Å². The van der Waals surface area contributed by atoms with Crippen molar-refractivity contribution < 1.29 is 4.74 Å². The fourth-order valence-electron chi connectivity index (χ4n) is 2.35. The van der Waals surface area contributed by atoms with Gasteiger partial charge in [0.05, 0.1) is 6.07 Å². The van der Waals surface area contributed by atoms with Crippen molar-refractivity contribution >= 4 is 0 Å². The summed E-state index contributed by atoms with van der Waals surface area (Å²) < 4.78 is 5.76. The number of likely N-dealkylation sites (N-methyl/N-ethyl adjacent to an activating group) is 1. The van der Waals surface area contributed by atoms with Crippen LogP contribution in [0.25, 0.3) is 0 Å². The lowest BCUT2D eigenvalue weighted by Crippen LogP contribution is -2.29. The highest BCUT2D eigenvalue weighted by atomic mass is 16.5. The minimum absolute atomic E-state index is 0.0108. The number of allylic oxidation sites excluding steroid dienone is 2. The van der Waals surface area contributed by atoms with Crippen LogP contribution in [0.1, 0.15) is 25.7 Å². The zero-order chi connectivity index (χ0) is 10.7. The monoisotopic (exact) mass is 206 g/mol.